The van der Waals surface area contributed by atoms with E-state index in [9.17, 15) is 9.59 Å². The molecular formula is C13H16O6. The van der Waals surface area contributed by atoms with Gasteiger partial charge in [-0.1, -0.05) is 0 Å². The Hall–Kier alpha value is -2.24. The van der Waals surface area contributed by atoms with Gasteiger partial charge in [-0.15, -0.1) is 0 Å². The van der Waals surface area contributed by atoms with Gasteiger partial charge in [0, 0.05) is 6.07 Å². The summed E-state index contributed by atoms with van der Waals surface area (Å²) in [4.78, 5) is 22.0. The third-order valence-electron chi connectivity index (χ3n) is 2.08. The summed E-state index contributed by atoms with van der Waals surface area (Å²) in [5.74, 6) is -1.04. The average molecular weight is 268 g/mol. The SMILES string of the molecule is COC(=O)COc1cc(OC(C)C)cc(C(=O)O)c1. The molecule has 0 saturated heterocycles. The number of methoxy groups -OCH3 is 1. The smallest absolute Gasteiger partial charge is 0.343 e. The number of hydrogen-bond acceptors (Lipinski definition) is 5. The molecule has 104 valence electrons. The summed E-state index contributed by atoms with van der Waals surface area (Å²) in [7, 11) is 1.24. The molecule has 0 aliphatic carbocycles. The molecule has 0 amide bonds. The Morgan fingerprint density at radius 1 is 1.21 bits per heavy atom. The number of aromatic carboxylic acids is 1. The zero-order chi connectivity index (χ0) is 14.4. The van der Waals surface area contributed by atoms with Gasteiger partial charge in [0.25, 0.3) is 0 Å². The highest BCUT2D eigenvalue weighted by Crippen LogP contribution is 2.24. The molecule has 0 fully saturated rings. The summed E-state index contributed by atoms with van der Waals surface area (Å²) in [6.07, 6.45) is -0.0995. The van der Waals surface area contributed by atoms with Crippen LogP contribution in [0.5, 0.6) is 11.5 Å². The number of carboxylic acid groups (broad SMARTS) is 1. The molecule has 0 radical (unpaired) electrons. The van der Waals surface area contributed by atoms with Crippen molar-refractivity contribution in [3.63, 3.8) is 0 Å². The van der Waals surface area contributed by atoms with Gasteiger partial charge in [-0.05, 0) is 26.0 Å². The molecule has 0 aromatic heterocycles. The highest BCUT2D eigenvalue weighted by Gasteiger charge is 2.11. The Morgan fingerprint density at radius 3 is 2.37 bits per heavy atom. The predicted octanol–water partition coefficient (Wildman–Crippen LogP) is 1.72. The minimum absolute atomic E-state index is 0.0259. The van der Waals surface area contributed by atoms with Crippen molar-refractivity contribution in [1.29, 1.82) is 0 Å². The van der Waals surface area contributed by atoms with Crippen LogP contribution in [0, 0.1) is 0 Å². The average Bonchev–Trinajstić information content (AvgIpc) is 2.34. The number of benzene rings is 1. The second-order valence-corrected chi connectivity index (χ2v) is 4.03. The molecule has 0 aliphatic rings. The minimum Gasteiger partial charge on any atom is -0.491 e. The Labute approximate surface area is 110 Å². The molecule has 6 heteroatoms. The van der Waals surface area contributed by atoms with Crippen LogP contribution in [-0.4, -0.2) is 36.9 Å². The molecule has 1 N–H and O–H groups in total. The lowest BCUT2D eigenvalue weighted by Crippen LogP contribution is -2.13. The number of esters is 1. The fourth-order valence-corrected chi connectivity index (χ4v) is 1.32. The van der Waals surface area contributed by atoms with Gasteiger partial charge in [-0.3, -0.25) is 0 Å². The van der Waals surface area contributed by atoms with Crippen molar-refractivity contribution < 1.29 is 28.9 Å². The van der Waals surface area contributed by atoms with Crippen LogP contribution in [0.3, 0.4) is 0 Å². The van der Waals surface area contributed by atoms with E-state index >= 15 is 0 Å². The number of carboxylic acids is 1. The highest BCUT2D eigenvalue weighted by molar-refractivity contribution is 5.88. The van der Waals surface area contributed by atoms with Gasteiger partial charge in [0.15, 0.2) is 6.61 Å². The second kappa shape index (κ2) is 6.63. The molecule has 1 aromatic rings. The van der Waals surface area contributed by atoms with Gasteiger partial charge < -0.3 is 19.3 Å². The van der Waals surface area contributed by atoms with E-state index in [4.69, 9.17) is 14.6 Å². The molecule has 1 aromatic carbocycles. The molecule has 1 rings (SSSR count). The van der Waals surface area contributed by atoms with E-state index in [1.807, 2.05) is 13.8 Å². The largest absolute Gasteiger partial charge is 0.491 e. The second-order valence-electron chi connectivity index (χ2n) is 4.03. The van der Waals surface area contributed by atoms with Crippen LogP contribution in [0.15, 0.2) is 18.2 Å². The third kappa shape index (κ3) is 4.87. The van der Waals surface area contributed by atoms with Crippen molar-refractivity contribution in [3.8, 4) is 11.5 Å². The fourth-order valence-electron chi connectivity index (χ4n) is 1.32. The van der Waals surface area contributed by atoms with Gasteiger partial charge in [-0.25, -0.2) is 9.59 Å². The number of hydrogen-bond donors (Lipinski definition) is 1. The monoisotopic (exact) mass is 268 g/mol. The van der Waals surface area contributed by atoms with E-state index in [2.05, 4.69) is 4.74 Å². The maximum absolute atomic E-state index is 11.0. The molecule has 0 heterocycles. The minimum atomic E-state index is -1.10. The van der Waals surface area contributed by atoms with E-state index in [-0.39, 0.29) is 24.0 Å². The van der Waals surface area contributed by atoms with Crippen molar-refractivity contribution in [2.75, 3.05) is 13.7 Å². The normalized spacial score (nSPS) is 10.1. The number of ether oxygens (including phenoxy) is 3. The molecule has 0 aliphatic heterocycles. The molecule has 0 bridgehead atoms. The molecule has 0 spiro atoms. The Morgan fingerprint density at radius 2 is 1.84 bits per heavy atom. The van der Waals surface area contributed by atoms with Crippen LogP contribution in [-0.2, 0) is 9.53 Å². The van der Waals surface area contributed by atoms with Crippen molar-refractivity contribution in [2.24, 2.45) is 0 Å². The Balaban J connectivity index is 2.92. The number of carbonyl (C=O) groups excluding carboxylic acids is 1. The van der Waals surface area contributed by atoms with Crippen molar-refractivity contribution >= 4 is 11.9 Å². The summed E-state index contributed by atoms with van der Waals surface area (Å²) in [6.45, 7) is 3.35. The quantitative estimate of drug-likeness (QED) is 0.791. The first-order valence-corrected chi connectivity index (χ1v) is 5.67. The van der Waals surface area contributed by atoms with Gasteiger partial charge >= 0.3 is 11.9 Å². The summed E-state index contributed by atoms with van der Waals surface area (Å²) in [6, 6.07) is 4.24. The van der Waals surface area contributed by atoms with E-state index in [1.165, 1.54) is 25.3 Å². The lowest BCUT2D eigenvalue weighted by Gasteiger charge is -2.12. The zero-order valence-corrected chi connectivity index (χ0v) is 11.0. The van der Waals surface area contributed by atoms with Crippen molar-refractivity contribution in [1.82, 2.24) is 0 Å². The van der Waals surface area contributed by atoms with E-state index in [0.29, 0.717) is 5.75 Å². The topological polar surface area (TPSA) is 82.1 Å². The first-order chi connectivity index (χ1) is 8.92. The summed E-state index contributed by atoms with van der Waals surface area (Å²) >= 11 is 0. The van der Waals surface area contributed by atoms with Gasteiger partial charge in [-0.2, -0.15) is 0 Å². The van der Waals surface area contributed by atoms with Gasteiger partial charge in [0.1, 0.15) is 11.5 Å². The molecule has 6 nitrogen and oxygen atoms in total. The standard InChI is InChI=1S/C13H16O6/c1-8(2)19-11-5-9(13(15)16)4-10(6-11)18-7-12(14)17-3/h4-6,8H,7H2,1-3H3,(H,15,16). The number of rotatable bonds is 6. The van der Waals surface area contributed by atoms with Crippen LogP contribution >= 0.6 is 0 Å². The lowest BCUT2D eigenvalue weighted by atomic mass is 10.2. The van der Waals surface area contributed by atoms with Crippen LogP contribution in [0.25, 0.3) is 0 Å². The molecule has 0 saturated carbocycles. The molecule has 0 unspecified atom stereocenters. The number of carbonyl (C=O) groups is 2. The first kappa shape index (κ1) is 14.8. The van der Waals surface area contributed by atoms with Crippen molar-refractivity contribution in [3.05, 3.63) is 23.8 Å². The van der Waals surface area contributed by atoms with E-state index in [1.54, 1.807) is 0 Å². The van der Waals surface area contributed by atoms with E-state index in [0.717, 1.165) is 0 Å². The third-order valence-corrected chi connectivity index (χ3v) is 2.08. The summed E-state index contributed by atoms with van der Waals surface area (Å²) in [5, 5.41) is 8.99. The van der Waals surface area contributed by atoms with Crippen LogP contribution < -0.4 is 9.47 Å². The fraction of sp³-hybridized carbons (Fsp3) is 0.385. The zero-order valence-electron chi connectivity index (χ0n) is 11.0. The van der Waals surface area contributed by atoms with E-state index < -0.39 is 11.9 Å². The summed E-state index contributed by atoms with van der Waals surface area (Å²) in [5.41, 5.74) is 0.0259. The lowest BCUT2D eigenvalue weighted by molar-refractivity contribution is -0.142. The molecule has 19 heavy (non-hydrogen) atoms. The Bertz CT molecular complexity index is 466. The molecular weight excluding hydrogens is 252 g/mol. The van der Waals surface area contributed by atoms with Crippen LogP contribution in [0.1, 0.15) is 24.2 Å². The van der Waals surface area contributed by atoms with Gasteiger partial charge in [0.2, 0.25) is 0 Å². The maximum atomic E-state index is 11.0. The van der Waals surface area contributed by atoms with Gasteiger partial charge in [0.05, 0.1) is 18.8 Å². The Kier molecular flexibility index (Phi) is 5.17. The van der Waals surface area contributed by atoms with Crippen molar-refractivity contribution in [2.45, 2.75) is 20.0 Å². The summed E-state index contributed by atoms with van der Waals surface area (Å²) < 4.78 is 15.0. The highest BCUT2D eigenvalue weighted by atomic mass is 16.6. The molecule has 0 atom stereocenters. The van der Waals surface area contributed by atoms with Crippen LogP contribution in [0.4, 0.5) is 0 Å². The first-order valence-electron chi connectivity index (χ1n) is 5.67. The predicted molar refractivity (Wildman–Crippen MR) is 66.7 cm³/mol. The maximum Gasteiger partial charge on any atom is 0.343 e. The van der Waals surface area contributed by atoms with Crippen LogP contribution in [0.2, 0.25) is 0 Å².